The van der Waals surface area contributed by atoms with Gasteiger partial charge < -0.3 is 10.4 Å². The molecule has 0 aromatic rings. The Morgan fingerprint density at radius 3 is 2.33 bits per heavy atom. The minimum atomic E-state index is -0.620. The van der Waals surface area contributed by atoms with Gasteiger partial charge in [-0.3, -0.25) is 0 Å². The molecule has 3 heteroatoms. The molecule has 15 heavy (non-hydrogen) atoms. The van der Waals surface area contributed by atoms with Crippen molar-refractivity contribution in [3.8, 4) is 6.07 Å². The van der Waals surface area contributed by atoms with Crippen molar-refractivity contribution in [1.29, 1.82) is 5.26 Å². The Balaban J connectivity index is 3.80. The molecule has 0 aromatic heterocycles. The maximum Gasteiger partial charge on any atom is 0.0740 e. The molecule has 0 aliphatic carbocycles. The Hall–Kier alpha value is -0.590. The van der Waals surface area contributed by atoms with Crippen LogP contribution in [-0.4, -0.2) is 23.8 Å². The van der Waals surface area contributed by atoms with Crippen molar-refractivity contribution < 1.29 is 5.11 Å². The number of rotatable bonds is 7. The number of nitrogens with one attached hydrogen (secondary N) is 1. The van der Waals surface area contributed by atoms with Gasteiger partial charge in [-0.2, -0.15) is 5.26 Å². The fourth-order valence-electron chi connectivity index (χ4n) is 1.28. The molecule has 0 fully saturated rings. The van der Waals surface area contributed by atoms with E-state index in [-0.39, 0.29) is 5.41 Å². The van der Waals surface area contributed by atoms with Crippen LogP contribution in [0.1, 0.15) is 47.0 Å². The van der Waals surface area contributed by atoms with Crippen LogP contribution >= 0.6 is 0 Å². The summed E-state index contributed by atoms with van der Waals surface area (Å²) >= 11 is 0. The molecule has 0 saturated heterocycles. The van der Waals surface area contributed by atoms with E-state index in [9.17, 15) is 5.11 Å². The van der Waals surface area contributed by atoms with Gasteiger partial charge in [0.15, 0.2) is 0 Å². The van der Waals surface area contributed by atoms with Gasteiger partial charge in [0.1, 0.15) is 0 Å². The van der Waals surface area contributed by atoms with Gasteiger partial charge in [0.2, 0.25) is 0 Å². The van der Waals surface area contributed by atoms with E-state index in [1.807, 2.05) is 13.8 Å². The molecule has 0 aromatic carbocycles. The molecule has 1 atom stereocenters. The van der Waals surface area contributed by atoms with E-state index in [0.717, 1.165) is 19.4 Å². The molecule has 0 aliphatic rings. The van der Waals surface area contributed by atoms with Crippen LogP contribution in [0.3, 0.4) is 0 Å². The summed E-state index contributed by atoms with van der Waals surface area (Å²) in [4.78, 5) is 0. The van der Waals surface area contributed by atoms with E-state index in [4.69, 9.17) is 5.26 Å². The van der Waals surface area contributed by atoms with Crippen LogP contribution in [0.4, 0.5) is 0 Å². The molecule has 0 rings (SSSR count). The minimum Gasteiger partial charge on any atom is -0.389 e. The van der Waals surface area contributed by atoms with Gasteiger partial charge in [0, 0.05) is 19.5 Å². The van der Waals surface area contributed by atoms with Crippen molar-refractivity contribution in [1.82, 2.24) is 5.32 Å². The molecule has 0 radical (unpaired) electrons. The van der Waals surface area contributed by atoms with Crippen LogP contribution in [0.2, 0.25) is 0 Å². The molecule has 0 saturated carbocycles. The first-order valence-corrected chi connectivity index (χ1v) is 5.63. The minimum absolute atomic E-state index is 0.125. The molecule has 1 unspecified atom stereocenters. The van der Waals surface area contributed by atoms with Crippen LogP contribution < -0.4 is 5.32 Å². The Morgan fingerprint density at radius 1 is 1.27 bits per heavy atom. The average molecular weight is 212 g/mol. The lowest BCUT2D eigenvalue weighted by atomic mass is 9.88. The fraction of sp³-hybridized carbons (Fsp3) is 0.917. The van der Waals surface area contributed by atoms with Crippen molar-refractivity contribution in [2.75, 3.05) is 13.1 Å². The number of hydrogen-bond acceptors (Lipinski definition) is 3. The smallest absolute Gasteiger partial charge is 0.0740 e. The zero-order valence-corrected chi connectivity index (χ0v) is 10.4. The highest BCUT2D eigenvalue weighted by molar-refractivity contribution is 4.80. The van der Waals surface area contributed by atoms with Gasteiger partial charge in [0.05, 0.1) is 11.7 Å². The second kappa shape index (κ2) is 6.09. The Morgan fingerprint density at radius 2 is 1.87 bits per heavy atom. The summed E-state index contributed by atoms with van der Waals surface area (Å²) in [5, 5.41) is 21.6. The normalized spacial score (nSPS) is 15.7. The first kappa shape index (κ1) is 14.4. The molecule has 0 spiro atoms. The fourth-order valence-corrected chi connectivity index (χ4v) is 1.28. The van der Waals surface area contributed by atoms with Crippen LogP contribution in [0.5, 0.6) is 0 Å². The van der Waals surface area contributed by atoms with Gasteiger partial charge in [-0.05, 0) is 25.2 Å². The second-order valence-electron chi connectivity index (χ2n) is 5.28. The third kappa shape index (κ3) is 7.35. The Kier molecular flexibility index (Phi) is 5.85. The van der Waals surface area contributed by atoms with Crippen molar-refractivity contribution in [3.05, 3.63) is 0 Å². The number of nitrogens with zero attached hydrogens (tertiary/aromatic N) is 1. The molecule has 0 aliphatic heterocycles. The second-order valence-corrected chi connectivity index (χ2v) is 5.28. The summed E-state index contributed by atoms with van der Waals surface area (Å²) < 4.78 is 0. The quantitative estimate of drug-likeness (QED) is 0.679. The lowest BCUT2D eigenvalue weighted by Gasteiger charge is -2.27. The van der Waals surface area contributed by atoms with E-state index >= 15 is 0 Å². The van der Waals surface area contributed by atoms with Gasteiger partial charge in [-0.15, -0.1) is 0 Å². The zero-order valence-electron chi connectivity index (χ0n) is 10.4. The van der Waals surface area contributed by atoms with Crippen LogP contribution in [-0.2, 0) is 0 Å². The first-order chi connectivity index (χ1) is 6.83. The molecule has 2 N–H and O–H groups in total. The van der Waals surface area contributed by atoms with Crippen molar-refractivity contribution in [2.45, 2.75) is 52.6 Å². The maximum absolute atomic E-state index is 9.78. The predicted molar refractivity (Wildman–Crippen MR) is 62.4 cm³/mol. The summed E-state index contributed by atoms with van der Waals surface area (Å²) in [6.07, 6.45) is 2.24. The monoisotopic (exact) mass is 212 g/mol. The Bertz CT molecular complexity index is 216. The molecule has 88 valence electrons. The average Bonchev–Trinajstić information content (AvgIpc) is 2.14. The summed E-state index contributed by atoms with van der Waals surface area (Å²) in [5.74, 6) is 0. The predicted octanol–water partition coefficient (Wildman–Crippen LogP) is 2.07. The zero-order chi connectivity index (χ0) is 11.9. The van der Waals surface area contributed by atoms with Crippen molar-refractivity contribution in [3.63, 3.8) is 0 Å². The van der Waals surface area contributed by atoms with Gasteiger partial charge in [-0.25, -0.2) is 0 Å². The van der Waals surface area contributed by atoms with E-state index in [1.54, 1.807) is 0 Å². The molecule has 0 amide bonds. The van der Waals surface area contributed by atoms with Gasteiger partial charge >= 0.3 is 0 Å². The third-order valence-corrected chi connectivity index (χ3v) is 2.78. The summed E-state index contributed by atoms with van der Waals surface area (Å²) in [5.41, 5.74) is -0.495. The van der Waals surface area contributed by atoms with Crippen LogP contribution in [0.25, 0.3) is 0 Å². The summed E-state index contributed by atoms with van der Waals surface area (Å²) in [6, 6.07) is 2.16. The van der Waals surface area contributed by atoms with Crippen LogP contribution in [0.15, 0.2) is 0 Å². The summed E-state index contributed by atoms with van der Waals surface area (Å²) in [7, 11) is 0. The first-order valence-electron chi connectivity index (χ1n) is 5.63. The van der Waals surface area contributed by atoms with Crippen molar-refractivity contribution in [2.24, 2.45) is 5.41 Å². The van der Waals surface area contributed by atoms with E-state index < -0.39 is 5.60 Å². The highest BCUT2D eigenvalue weighted by atomic mass is 16.3. The number of aliphatic hydroxyl groups is 1. The van der Waals surface area contributed by atoms with Crippen molar-refractivity contribution >= 4 is 0 Å². The maximum atomic E-state index is 9.78. The van der Waals surface area contributed by atoms with Crippen LogP contribution in [0, 0.1) is 16.7 Å². The van der Waals surface area contributed by atoms with Gasteiger partial charge in [0.25, 0.3) is 0 Å². The number of nitriles is 1. The highest BCUT2D eigenvalue weighted by Gasteiger charge is 2.20. The molecule has 0 heterocycles. The molecule has 0 bridgehead atoms. The largest absolute Gasteiger partial charge is 0.389 e. The van der Waals surface area contributed by atoms with Gasteiger partial charge in [-0.1, -0.05) is 20.8 Å². The standard InChI is InChI=1S/C12H24N2O/c1-5-12(4,15)10-14-9-11(2,3)7-6-8-13/h14-15H,5-7,9-10H2,1-4H3. The molecule has 3 nitrogen and oxygen atoms in total. The molecular formula is C12H24N2O. The topological polar surface area (TPSA) is 56.0 Å². The van der Waals surface area contributed by atoms with E-state index in [2.05, 4.69) is 25.2 Å². The SMILES string of the molecule is CCC(C)(O)CNCC(C)(C)CCC#N. The van der Waals surface area contributed by atoms with E-state index in [0.29, 0.717) is 13.0 Å². The third-order valence-electron chi connectivity index (χ3n) is 2.78. The highest BCUT2D eigenvalue weighted by Crippen LogP contribution is 2.20. The lowest BCUT2D eigenvalue weighted by molar-refractivity contribution is 0.0532. The van der Waals surface area contributed by atoms with E-state index in [1.165, 1.54) is 0 Å². The summed E-state index contributed by atoms with van der Waals surface area (Å²) in [6.45, 7) is 9.53. The molecular weight excluding hydrogens is 188 g/mol. The number of hydrogen-bond donors (Lipinski definition) is 2. The lowest BCUT2D eigenvalue weighted by Crippen LogP contribution is -2.41. The Labute approximate surface area is 93.5 Å².